The largest absolute Gasteiger partial charge is 0.352 e. The summed E-state index contributed by atoms with van der Waals surface area (Å²) in [4.78, 5) is 41.8. The van der Waals surface area contributed by atoms with Gasteiger partial charge < -0.3 is 5.32 Å². The molecule has 0 aromatic heterocycles. The van der Waals surface area contributed by atoms with E-state index < -0.39 is 39.4 Å². The summed E-state index contributed by atoms with van der Waals surface area (Å²) in [6, 6.07) is 23.7. The Morgan fingerprint density at radius 3 is 1.68 bits per heavy atom. The van der Waals surface area contributed by atoms with Gasteiger partial charge in [-0.15, -0.1) is 23.2 Å². The molecule has 1 heterocycles. The van der Waals surface area contributed by atoms with Gasteiger partial charge in [-0.3, -0.25) is 19.3 Å². The van der Waals surface area contributed by atoms with E-state index in [2.05, 4.69) is 12.2 Å². The van der Waals surface area contributed by atoms with Crippen molar-refractivity contribution in [2.24, 2.45) is 17.8 Å². The van der Waals surface area contributed by atoms with Gasteiger partial charge in [0.2, 0.25) is 17.7 Å². The van der Waals surface area contributed by atoms with Gasteiger partial charge in [-0.1, -0.05) is 85.8 Å². The number of carbonyl (C=O) groups is 3. The molecular formula is C34H32Cl2N2O3. The minimum atomic E-state index is -1.27. The number of nitrogens with zero attached hydrogens (tertiary/aromatic N) is 1. The SMILES string of the molecule is CC1CCC(NC(=O)[C@@H](Cc2ccccc2)N2C(=O)[C@@H]3[C@H](C2=O)C2(Cl)c4ccccc4C3(Cl)c3ccccc32)CC1. The number of benzene rings is 3. The highest BCUT2D eigenvalue weighted by Crippen LogP contribution is 2.69. The van der Waals surface area contributed by atoms with Crippen LogP contribution in [-0.2, 0) is 30.6 Å². The standard InChI is InChI=1S/C34H32Cl2N2O3/c1-20-15-17-22(18-16-20)37-30(39)27(19-21-9-3-2-4-10-21)38-31(40)28-29(32(38)41)34(36)24-12-6-5-11-23(24)33(28,35)25-13-7-8-14-26(25)34/h2-14,20,22,27-29H,15-19H2,1H3,(H,37,39)/t20?,22?,27-,28-,29+,33?,34?/m1/s1. The third-order valence-electron chi connectivity index (χ3n) is 9.87. The molecule has 3 aromatic carbocycles. The molecule has 7 heteroatoms. The van der Waals surface area contributed by atoms with Crippen molar-refractivity contribution in [2.75, 3.05) is 0 Å². The van der Waals surface area contributed by atoms with E-state index in [1.54, 1.807) is 0 Å². The molecule has 0 unspecified atom stereocenters. The summed E-state index contributed by atoms with van der Waals surface area (Å²) < 4.78 is 0. The Bertz CT molecular complexity index is 1430. The number of nitrogens with one attached hydrogen (secondary N) is 1. The van der Waals surface area contributed by atoms with Crippen molar-refractivity contribution in [3.8, 4) is 0 Å². The van der Waals surface area contributed by atoms with Crippen molar-refractivity contribution >= 4 is 40.9 Å². The van der Waals surface area contributed by atoms with Crippen LogP contribution in [0.1, 0.15) is 60.4 Å². The molecule has 41 heavy (non-hydrogen) atoms. The van der Waals surface area contributed by atoms with E-state index in [1.165, 1.54) is 4.90 Å². The van der Waals surface area contributed by atoms with E-state index in [0.29, 0.717) is 5.92 Å². The van der Waals surface area contributed by atoms with Crippen LogP contribution >= 0.6 is 23.2 Å². The number of carbonyl (C=O) groups excluding carboxylic acids is 3. The molecule has 5 aliphatic rings. The summed E-state index contributed by atoms with van der Waals surface area (Å²) in [5, 5.41) is 3.20. The number of rotatable bonds is 5. The molecule has 2 fully saturated rings. The number of alkyl halides is 2. The monoisotopic (exact) mass is 586 g/mol. The maximum absolute atomic E-state index is 14.6. The zero-order valence-electron chi connectivity index (χ0n) is 22.9. The molecule has 4 aliphatic carbocycles. The van der Waals surface area contributed by atoms with E-state index in [0.717, 1.165) is 53.5 Å². The lowest BCUT2D eigenvalue weighted by molar-refractivity contribution is -0.148. The van der Waals surface area contributed by atoms with E-state index in [9.17, 15) is 14.4 Å². The van der Waals surface area contributed by atoms with Crippen LogP contribution in [0.2, 0.25) is 0 Å². The second-order valence-corrected chi connectivity index (χ2v) is 13.4. The summed E-state index contributed by atoms with van der Waals surface area (Å²) in [7, 11) is 0. The Hall–Kier alpha value is -3.15. The van der Waals surface area contributed by atoms with E-state index >= 15 is 0 Å². The lowest BCUT2D eigenvalue weighted by Gasteiger charge is -2.54. The molecule has 210 valence electrons. The number of hydrogen-bond donors (Lipinski definition) is 1. The van der Waals surface area contributed by atoms with Crippen LogP contribution < -0.4 is 5.32 Å². The van der Waals surface area contributed by atoms with Gasteiger partial charge in [-0.05, 0) is 59.4 Å². The lowest BCUT2D eigenvalue weighted by Crippen LogP contribution is -2.57. The number of amides is 3. The Labute approximate surface area is 250 Å². The Kier molecular flexibility index (Phi) is 6.33. The molecule has 1 saturated heterocycles. The first-order valence-electron chi connectivity index (χ1n) is 14.5. The molecule has 3 aromatic rings. The first-order valence-corrected chi connectivity index (χ1v) is 15.3. The fraction of sp³-hybridized carbons (Fsp3) is 0.382. The average Bonchev–Trinajstić information content (AvgIpc) is 3.27. The van der Waals surface area contributed by atoms with Crippen molar-refractivity contribution < 1.29 is 14.4 Å². The van der Waals surface area contributed by atoms with Gasteiger partial charge in [-0.2, -0.15) is 0 Å². The zero-order valence-corrected chi connectivity index (χ0v) is 24.4. The van der Waals surface area contributed by atoms with Crippen molar-refractivity contribution in [2.45, 2.75) is 60.9 Å². The van der Waals surface area contributed by atoms with Gasteiger partial charge in [0.1, 0.15) is 15.8 Å². The third kappa shape index (κ3) is 3.78. The summed E-state index contributed by atoms with van der Waals surface area (Å²) in [5.74, 6) is -2.40. The van der Waals surface area contributed by atoms with Crippen molar-refractivity contribution in [3.05, 3.63) is 107 Å². The average molecular weight is 588 g/mol. The van der Waals surface area contributed by atoms with E-state index in [1.807, 2.05) is 78.9 Å². The number of hydrogen-bond acceptors (Lipinski definition) is 3. The Morgan fingerprint density at radius 1 is 0.780 bits per heavy atom. The van der Waals surface area contributed by atoms with Crippen molar-refractivity contribution in [3.63, 3.8) is 0 Å². The first-order chi connectivity index (χ1) is 19.8. The smallest absolute Gasteiger partial charge is 0.243 e. The quantitative estimate of drug-likeness (QED) is 0.299. The van der Waals surface area contributed by atoms with E-state index in [4.69, 9.17) is 23.2 Å². The maximum atomic E-state index is 14.6. The molecule has 3 amide bonds. The number of halogens is 2. The van der Waals surface area contributed by atoms with Crippen LogP contribution in [0, 0.1) is 17.8 Å². The topological polar surface area (TPSA) is 66.5 Å². The second-order valence-electron chi connectivity index (χ2n) is 12.2. The van der Waals surface area contributed by atoms with Gasteiger partial charge >= 0.3 is 0 Å². The van der Waals surface area contributed by atoms with Crippen LogP contribution in [0.25, 0.3) is 0 Å². The molecule has 2 bridgehead atoms. The third-order valence-corrected chi connectivity index (χ3v) is 11.2. The Morgan fingerprint density at radius 2 is 1.22 bits per heavy atom. The van der Waals surface area contributed by atoms with Gasteiger partial charge in [0.25, 0.3) is 0 Å². The summed E-state index contributed by atoms with van der Waals surface area (Å²) in [6.07, 6.45) is 4.08. The van der Waals surface area contributed by atoms with Gasteiger partial charge in [0.15, 0.2) is 0 Å². The highest BCUT2D eigenvalue weighted by Gasteiger charge is 2.73. The molecule has 0 radical (unpaired) electrons. The molecule has 1 aliphatic heterocycles. The van der Waals surface area contributed by atoms with Crippen molar-refractivity contribution in [1.82, 2.24) is 10.2 Å². The predicted molar refractivity (Wildman–Crippen MR) is 158 cm³/mol. The lowest BCUT2D eigenvalue weighted by atomic mass is 9.54. The van der Waals surface area contributed by atoms with Crippen LogP contribution in [-0.4, -0.2) is 34.7 Å². The molecule has 1 saturated carbocycles. The first kappa shape index (κ1) is 26.7. The predicted octanol–water partition coefficient (Wildman–Crippen LogP) is 5.89. The van der Waals surface area contributed by atoms with Crippen LogP contribution in [0.5, 0.6) is 0 Å². The number of likely N-dealkylation sites (tertiary alicyclic amines) is 1. The zero-order chi connectivity index (χ0) is 28.5. The molecule has 1 N–H and O–H groups in total. The normalized spacial score (nSPS) is 32.2. The van der Waals surface area contributed by atoms with Gasteiger partial charge in [0, 0.05) is 12.5 Å². The fourth-order valence-electron chi connectivity index (χ4n) is 7.84. The minimum absolute atomic E-state index is 0.0236. The van der Waals surface area contributed by atoms with Crippen LogP contribution in [0.4, 0.5) is 0 Å². The summed E-state index contributed by atoms with van der Waals surface area (Å²) in [6.45, 7) is 2.23. The van der Waals surface area contributed by atoms with Gasteiger partial charge in [-0.25, -0.2) is 0 Å². The fourth-order valence-corrected chi connectivity index (χ4v) is 8.93. The highest BCUT2D eigenvalue weighted by molar-refractivity contribution is 6.36. The molecular weight excluding hydrogens is 555 g/mol. The van der Waals surface area contributed by atoms with Gasteiger partial charge in [0.05, 0.1) is 11.8 Å². The molecule has 8 rings (SSSR count). The molecule has 0 spiro atoms. The minimum Gasteiger partial charge on any atom is -0.352 e. The second kappa shape index (κ2) is 9.71. The molecule has 5 nitrogen and oxygen atoms in total. The van der Waals surface area contributed by atoms with Crippen molar-refractivity contribution in [1.29, 1.82) is 0 Å². The maximum Gasteiger partial charge on any atom is 0.243 e. The van der Waals surface area contributed by atoms with Crippen LogP contribution in [0.15, 0.2) is 78.9 Å². The molecule has 3 atom stereocenters. The van der Waals surface area contributed by atoms with Crippen LogP contribution in [0.3, 0.4) is 0 Å². The summed E-state index contributed by atoms with van der Waals surface area (Å²) in [5.41, 5.74) is 3.87. The number of imide groups is 1. The van der Waals surface area contributed by atoms with E-state index in [-0.39, 0.29) is 18.4 Å². The Balaban J connectivity index is 1.33. The highest BCUT2D eigenvalue weighted by atomic mass is 35.5. The summed E-state index contributed by atoms with van der Waals surface area (Å²) >= 11 is 15.2.